The standard InChI is InChI=1S/C22H26N2O4/c1-13(2)16-11-28-12-17-18(16)20(25)21(26)19-22(27)23(8-9-24(17)19)10-15-6-4-14(3)5-7-15/h4-7,13,16,26H,8-12H2,1-3H3. The minimum absolute atomic E-state index is 0.0689. The van der Waals surface area contributed by atoms with E-state index in [1.807, 2.05) is 45.0 Å². The predicted octanol–water partition coefficient (Wildman–Crippen LogP) is 2.79. The maximum atomic E-state index is 13.1. The SMILES string of the molecule is Cc1ccc(CN2CCn3c4c(c(=O)c(O)c3C2=O)C(C(C)C)COC4)cc1. The molecule has 0 bridgehead atoms. The average Bonchev–Trinajstić information content (AvgIpc) is 2.68. The zero-order chi connectivity index (χ0) is 20.0. The number of fused-ring (bicyclic) bond motifs is 3. The van der Waals surface area contributed by atoms with Crippen molar-refractivity contribution in [1.82, 2.24) is 9.47 Å². The first-order valence-corrected chi connectivity index (χ1v) is 9.79. The molecule has 0 radical (unpaired) electrons. The molecule has 0 saturated heterocycles. The maximum Gasteiger partial charge on any atom is 0.274 e. The van der Waals surface area contributed by atoms with Crippen molar-refractivity contribution in [1.29, 1.82) is 0 Å². The van der Waals surface area contributed by atoms with Gasteiger partial charge in [-0.3, -0.25) is 9.59 Å². The van der Waals surface area contributed by atoms with E-state index in [-0.39, 0.29) is 23.4 Å². The Balaban J connectivity index is 1.74. The second-order valence-corrected chi connectivity index (χ2v) is 8.12. The summed E-state index contributed by atoms with van der Waals surface area (Å²) in [6.07, 6.45) is 0. The predicted molar refractivity (Wildman–Crippen MR) is 106 cm³/mol. The zero-order valence-corrected chi connectivity index (χ0v) is 16.6. The number of carbonyl (C=O) groups excluding carboxylic acids is 1. The second-order valence-electron chi connectivity index (χ2n) is 8.12. The summed E-state index contributed by atoms with van der Waals surface area (Å²) in [4.78, 5) is 27.8. The summed E-state index contributed by atoms with van der Waals surface area (Å²) in [5.74, 6) is -0.594. The van der Waals surface area contributed by atoms with Crippen LogP contribution in [0.2, 0.25) is 0 Å². The fourth-order valence-corrected chi connectivity index (χ4v) is 4.20. The van der Waals surface area contributed by atoms with Crippen LogP contribution < -0.4 is 5.43 Å². The molecule has 0 spiro atoms. The van der Waals surface area contributed by atoms with Gasteiger partial charge >= 0.3 is 0 Å². The third-order valence-electron chi connectivity index (χ3n) is 5.88. The molecular weight excluding hydrogens is 356 g/mol. The number of pyridine rings is 1. The third-order valence-corrected chi connectivity index (χ3v) is 5.88. The maximum absolute atomic E-state index is 13.1. The number of hydrogen-bond donors (Lipinski definition) is 1. The highest BCUT2D eigenvalue weighted by atomic mass is 16.5. The summed E-state index contributed by atoms with van der Waals surface area (Å²) in [6, 6.07) is 8.02. The molecule has 0 aliphatic carbocycles. The Morgan fingerprint density at radius 1 is 1.18 bits per heavy atom. The Morgan fingerprint density at radius 2 is 1.89 bits per heavy atom. The van der Waals surface area contributed by atoms with Gasteiger partial charge in [0.1, 0.15) is 0 Å². The normalized spacial score (nSPS) is 18.9. The average molecular weight is 382 g/mol. The van der Waals surface area contributed by atoms with Gasteiger partial charge in [-0.25, -0.2) is 0 Å². The topological polar surface area (TPSA) is 71.8 Å². The van der Waals surface area contributed by atoms with Crippen molar-refractivity contribution in [3.05, 3.63) is 62.6 Å². The lowest BCUT2D eigenvalue weighted by molar-refractivity contribution is 0.0605. The number of benzene rings is 1. The zero-order valence-electron chi connectivity index (χ0n) is 16.6. The summed E-state index contributed by atoms with van der Waals surface area (Å²) < 4.78 is 7.53. The number of ether oxygens (including phenoxy) is 1. The summed E-state index contributed by atoms with van der Waals surface area (Å²) in [5, 5.41) is 10.7. The summed E-state index contributed by atoms with van der Waals surface area (Å²) in [5.41, 5.74) is 3.21. The van der Waals surface area contributed by atoms with Gasteiger partial charge in [0.05, 0.1) is 18.9 Å². The largest absolute Gasteiger partial charge is 0.503 e. The molecule has 148 valence electrons. The molecule has 3 heterocycles. The highest BCUT2D eigenvalue weighted by Gasteiger charge is 2.36. The smallest absolute Gasteiger partial charge is 0.274 e. The van der Waals surface area contributed by atoms with Crippen LogP contribution in [0.3, 0.4) is 0 Å². The fraction of sp³-hybridized carbons (Fsp3) is 0.455. The number of aromatic hydroxyl groups is 1. The van der Waals surface area contributed by atoms with Crippen molar-refractivity contribution in [3.8, 4) is 5.75 Å². The van der Waals surface area contributed by atoms with E-state index in [1.54, 1.807) is 9.47 Å². The van der Waals surface area contributed by atoms with Gasteiger partial charge in [0.25, 0.3) is 5.91 Å². The Bertz CT molecular complexity index is 976. The van der Waals surface area contributed by atoms with E-state index >= 15 is 0 Å². The van der Waals surface area contributed by atoms with Gasteiger partial charge in [-0.15, -0.1) is 0 Å². The Morgan fingerprint density at radius 3 is 2.57 bits per heavy atom. The lowest BCUT2D eigenvalue weighted by atomic mass is 9.85. The summed E-state index contributed by atoms with van der Waals surface area (Å²) >= 11 is 0. The minimum Gasteiger partial charge on any atom is -0.503 e. The van der Waals surface area contributed by atoms with E-state index in [1.165, 1.54) is 0 Å². The number of amides is 1. The van der Waals surface area contributed by atoms with Crippen LogP contribution in [-0.2, 0) is 24.4 Å². The van der Waals surface area contributed by atoms with Gasteiger partial charge in [0, 0.05) is 31.1 Å². The van der Waals surface area contributed by atoms with Crippen molar-refractivity contribution in [2.45, 2.75) is 46.4 Å². The van der Waals surface area contributed by atoms with Crippen LogP contribution in [0.1, 0.15) is 52.6 Å². The Hall–Kier alpha value is -2.60. The molecule has 1 unspecified atom stereocenters. The monoisotopic (exact) mass is 382 g/mol. The highest BCUT2D eigenvalue weighted by molar-refractivity contribution is 5.96. The molecule has 4 rings (SSSR count). The van der Waals surface area contributed by atoms with Gasteiger partial charge in [-0.2, -0.15) is 0 Å². The van der Waals surface area contributed by atoms with Gasteiger partial charge in [-0.05, 0) is 18.4 Å². The molecule has 0 saturated carbocycles. The van der Waals surface area contributed by atoms with Crippen LogP contribution >= 0.6 is 0 Å². The van der Waals surface area contributed by atoms with Crippen molar-refractivity contribution >= 4 is 5.91 Å². The lowest BCUT2D eigenvalue weighted by Gasteiger charge is -2.36. The van der Waals surface area contributed by atoms with Crippen LogP contribution in [0.25, 0.3) is 0 Å². The minimum atomic E-state index is -0.426. The molecule has 0 fully saturated rings. The first-order valence-electron chi connectivity index (χ1n) is 9.79. The molecule has 1 aromatic carbocycles. The Labute approximate surface area is 164 Å². The van der Waals surface area contributed by atoms with Crippen molar-refractivity contribution in [2.24, 2.45) is 5.92 Å². The van der Waals surface area contributed by atoms with E-state index in [9.17, 15) is 14.7 Å². The molecule has 6 nitrogen and oxygen atoms in total. The molecule has 1 aromatic heterocycles. The van der Waals surface area contributed by atoms with Crippen LogP contribution in [0, 0.1) is 12.8 Å². The molecule has 2 aliphatic rings. The first-order chi connectivity index (χ1) is 13.4. The number of aromatic nitrogens is 1. The molecule has 6 heteroatoms. The van der Waals surface area contributed by atoms with E-state index < -0.39 is 11.2 Å². The molecule has 1 N–H and O–H groups in total. The van der Waals surface area contributed by atoms with Gasteiger partial charge in [0.2, 0.25) is 5.43 Å². The Kier molecular flexibility index (Phi) is 4.75. The number of hydrogen-bond acceptors (Lipinski definition) is 4. The van der Waals surface area contributed by atoms with Crippen LogP contribution in [0.15, 0.2) is 29.1 Å². The van der Waals surface area contributed by atoms with E-state index in [0.717, 1.165) is 16.8 Å². The molecular formula is C22H26N2O4. The molecule has 28 heavy (non-hydrogen) atoms. The third kappa shape index (κ3) is 3.02. The summed E-state index contributed by atoms with van der Waals surface area (Å²) in [7, 11) is 0. The fourth-order valence-electron chi connectivity index (χ4n) is 4.20. The highest BCUT2D eigenvalue weighted by Crippen LogP contribution is 2.34. The summed E-state index contributed by atoms with van der Waals surface area (Å²) in [6.45, 7) is 8.38. The molecule has 1 atom stereocenters. The number of nitrogens with zero attached hydrogens (tertiary/aromatic N) is 2. The van der Waals surface area contributed by atoms with Crippen molar-refractivity contribution < 1.29 is 14.6 Å². The lowest BCUT2D eigenvalue weighted by Crippen LogP contribution is -2.44. The van der Waals surface area contributed by atoms with E-state index in [2.05, 4.69) is 0 Å². The molecule has 1 amide bonds. The van der Waals surface area contributed by atoms with Gasteiger partial charge in [0.15, 0.2) is 11.4 Å². The first kappa shape index (κ1) is 18.7. The molecule has 2 aliphatic heterocycles. The number of aryl methyl sites for hydroxylation is 1. The second kappa shape index (κ2) is 7.09. The molecule has 2 aromatic rings. The van der Waals surface area contributed by atoms with Crippen LogP contribution in [0.4, 0.5) is 0 Å². The number of carbonyl (C=O) groups is 1. The van der Waals surface area contributed by atoms with E-state index in [4.69, 9.17) is 4.74 Å². The van der Waals surface area contributed by atoms with Crippen molar-refractivity contribution in [2.75, 3.05) is 13.2 Å². The quantitative estimate of drug-likeness (QED) is 0.886. The number of rotatable bonds is 3. The van der Waals surface area contributed by atoms with Gasteiger partial charge in [-0.1, -0.05) is 43.7 Å². The van der Waals surface area contributed by atoms with E-state index in [0.29, 0.717) is 38.4 Å². The van der Waals surface area contributed by atoms with Crippen molar-refractivity contribution in [3.63, 3.8) is 0 Å². The van der Waals surface area contributed by atoms with Gasteiger partial charge < -0.3 is 19.3 Å². The van der Waals surface area contributed by atoms with Crippen LogP contribution in [0.5, 0.6) is 5.75 Å². The van der Waals surface area contributed by atoms with Crippen LogP contribution in [-0.4, -0.2) is 33.6 Å².